The van der Waals surface area contributed by atoms with E-state index in [0.717, 1.165) is 66.1 Å². The summed E-state index contributed by atoms with van der Waals surface area (Å²) in [5.41, 5.74) is 10.9. The Bertz CT molecular complexity index is 2200. The van der Waals surface area contributed by atoms with Crippen LogP contribution in [0.5, 0.6) is 0 Å². The summed E-state index contributed by atoms with van der Waals surface area (Å²) in [6, 6.07) is 40.7. The van der Waals surface area contributed by atoms with Crippen molar-refractivity contribution in [1.82, 2.24) is 0 Å². The molecule has 4 aliphatic carbocycles. The van der Waals surface area contributed by atoms with Gasteiger partial charge in [-0.05, 0) is 133 Å². The summed E-state index contributed by atoms with van der Waals surface area (Å²) in [6.07, 6.45) is 26.4. The van der Waals surface area contributed by atoms with Gasteiger partial charge in [-0.25, -0.2) is 13.2 Å². The molecular formula is C69H102Cl4O2P2SiZr2. The molecule has 2 nitrogen and oxygen atoms in total. The summed E-state index contributed by atoms with van der Waals surface area (Å²) < 4.78 is 9.64. The second-order valence-corrected chi connectivity index (χ2v) is 39.1. The van der Waals surface area contributed by atoms with Crippen molar-refractivity contribution in [2.45, 2.75) is 150 Å². The molecule has 4 aromatic carbocycles. The van der Waals surface area contributed by atoms with E-state index in [0.29, 0.717) is 23.7 Å². The molecule has 11 heteroatoms. The molecule has 4 fully saturated rings. The van der Waals surface area contributed by atoms with Gasteiger partial charge >= 0.3 is 75.7 Å². The number of allylic oxidation sites excluding steroid dienone is 8. The smallest absolute Gasteiger partial charge is 0.0271 e. The molecule has 80 heavy (non-hydrogen) atoms. The van der Waals surface area contributed by atoms with Crippen molar-refractivity contribution >= 4 is 81.0 Å². The molecule has 2 saturated heterocycles. The number of hydrogen-bond acceptors (Lipinski definition) is 2. The maximum absolute atomic E-state index is 4.93. The van der Waals surface area contributed by atoms with E-state index in [9.17, 15) is 0 Å². The summed E-state index contributed by atoms with van der Waals surface area (Å²) in [5, 5.41) is 2.99. The fourth-order valence-electron chi connectivity index (χ4n) is 12.8. The Hall–Kier alpha value is -0.237. The predicted molar refractivity (Wildman–Crippen MR) is 363 cm³/mol. The standard InChI is InChI=1S/C42H56Si.C15H18P2.2C4H7O.2CH4.2CH3.4ClH.2Zr/c1-27-25-37-33(29-17-21-31(22-18-29)41(3,4)5)13-11-15-35(37)39(27)43(9,10)40-28(2)26-38-34(14-12-16-36(38)40)30-19-23-32(24-20-30)42(6,7)8;1-3-8-14(9-4-1)16-12-7-13-17-15-10-5-2-6-11-15;2*1-2-4-5-3-1;;;;;;;;;;/h11-24,27-28,35-40H,25-26H2,1-10H3;1-6,8-11,16-17H,7,12-13H2;2*3H,1-2,4H2;2*1H4;2*1H3;4*1H;;/q;;2*-1;;;2*-1;;;;;2*+4/p-4. The van der Waals surface area contributed by atoms with Gasteiger partial charge in [0.15, 0.2) is 0 Å². The Morgan fingerprint density at radius 3 is 1.16 bits per heavy atom. The first-order valence-corrected chi connectivity index (χ1v) is 46.0. The van der Waals surface area contributed by atoms with Crippen molar-refractivity contribution in [3.05, 3.63) is 196 Å². The van der Waals surface area contributed by atoms with Crippen LogP contribution in [0.3, 0.4) is 0 Å². The minimum atomic E-state index is -1.67. The average Bonchev–Trinajstić information content (AvgIpc) is 4.27. The Kier molecular flexibility index (Phi) is 39.1. The van der Waals surface area contributed by atoms with Crippen molar-refractivity contribution in [2.24, 2.45) is 35.5 Å². The minimum Gasteiger partial charge on any atom is -0.0904 e. The van der Waals surface area contributed by atoms with Gasteiger partial charge in [0, 0.05) is 13.2 Å². The molecule has 10 unspecified atom stereocenters. The van der Waals surface area contributed by atoms with Gasteiger partial charge in [0.2, 0.25) is 0 Å². The van der Waals surface area contributed by atoms with Crippen LogP contribution in [0.4, 0.5) is 0 Å². The third-order valence-electron chi connectivity index (χ3n) is 16.1. The van der Waals surface area contributed by atoms with Crippen LogP contribution in [0.1, 0.15) is 137 Å². The zero-order valence-electron chi connectivity index (χ0n) is 49.2. The molecule has 2 heterocycles. The van der Waals surface area contributed by atoms with Crippen LogP contribution in [0.2, 0.25) is 24.2 Å². The van der Waals surface area contributed by atoms with Gasteiger partial charge in [0.05, 0.1) is 8.07 Å². The third kappa shape index (κ3) is 24.1. The van der Waals surface area contributed by atoms with Crippen LogP contribution in [-0.2, 0) is 62.0 Å². The summed E-state index contributed by atoms with van der Waals surface area (Å²) in [6.45, 7) is 30.3. The fourth-order valence-corrected chi connectivity index (χ4v) is 21.6. The monoisotopic (exact) mass is 1370 g/mol. The van der Waals surface area contributed by atoms with Crippen LogP contribution >= 0.6 is 51.2 Å². The van der Waals surface area contributed by atoms with E-state index in [4.69, 9.17) is 43.5 Å². The molecule has 0 aromatic heterocycles. The molecule has 0 spiro atoms. The summed E-state index contributed by atoms with van der Waals surface area (Å²) in [7, 11) is 20.0. The van der Waals surface area contributed by atoms with Crippen LogP contribution in [0, 0.1) is 63.6 Å². The van der Waals surface area contributed by atoms with Crippen LogP contribution in [-0.4, -0.2) is 33.6 Å². The van der Waals surface area contributed by atoms with Gasteiger partial charge in [-0.1, -0.05) is 259 Å². The number of halogens is 4. The van der Waals surface area contributed by atoms with Crippen LogP contribution in [0.15, 0.2) is 146 Å². The maximum atomic E-state index is 4.93. The molecule has 2 saturated carbocycles. The van der Waals surface area contributed by atoms with Crippen LogP contribution < -0.4 is 10.6 Å². The number of fused-ring (bicyclic) bond motifs is 2. The summed E-state index contributed by atoms with van der Waals surface area (Å²) >= 11 is -1.65. The molecule has 0 radical (unpaired) electrons. The molecule has 0 N–H and O–H groups in total. The van der Waals surface area contributed by atoms with Gasteiger partial charge in [-0.3, -0.25) is 0 Å². The van der Waals surface area contributed by atoms with Gasteiger partial charge in [0.25, 0.3) is 0 Å². The first-order chi connectivity index (χ1) is 36.5. The van der Waals surface area contributed by atoms with E-state index >= 15 is 0 Å². The quantitative estimate of drug-likeness (QED) is 0.0682. The van der Waals surface area contributed by atoms with Crippen molar-refractivity contribution in [2.75, 3.05) is 25.5 Å². The number of ether oxygens (including phenoxy) is 2. The van der Waals surface area contributed by atoms with E-state index in [2.05, 4.69) is 214 Å². The Balaban J connectivity index is 0.000000707. The van der Waals surface area contributed by atoms with Gasteiger partial charge in [-0.2, -0.15) is 12.8 Å². The van der Waals surface area contributed by atoms with Crippen molar-refractivity contribution < 1.29 is 51.2 Å². The van der Waals surface area contributed by atoms with E-state index in [1.54, 1.807) is 11.1 Å². The molecule has 4 aromatic rings. The molecule has 0 bridgehead atoms. The summed E-state index contributed by atoms with van der Waals surface area (Å²) in [4.78, 5) is 0. The van der Waals surface area contributed by atoms with E-state index in [1.807, 2.05) is 13.2 Å². The average molecular weight is 1380 g/mol. The first-order valence-electron chi connectivity index (χ1n) is 27.8. The molecule has 6 aliphatic rings. The Morgan fingerprint density at radius 2 is 0.887 bits per heavy atom. The molecular weight excluding hydrogens is 1280 g/mol. The Morgan fingerprint density at radius 1 is 0.550 bits per heavy atom. The third-order valence-corrected chi connectivity index (χ3v) is 24.1. The number of hydrogen-bond donors (Lipinski definition) is 0. The molecule has 0 amide bonds. The fraction of sp³-hybridized carbons (Fsp3) is 0.478. The van der Waals surface area contributed by atoms with Crippen molar-refractivity contribution in [3.63, 3.8) is 0 Å². The van der Waals surface area contributed by atoms with E-state index < -0.39 is 49.8 Å². The predicted octanol–water partition coefficient (Wildman–Crippen LogP) is 22.1. The molecule has 2 aliphatic heterocycles. The number of rotatable bonds is 10. The van der Waals surface area contributed by atoms with Gasteiger partial charge < -0.3 is 24.3 Å². The maximum Gasteiger partial charge on any atom is -0.0271 e. The second-order valence-electron chi connectivity index (χ2n) is 23.8. The molecule has 10 atom stereocenters. The van der Waals surface area contributed by atoms with Gasteiger partial charge in [-0.15, -0.1) is 0 Å². The zero-order chi connectivity index (χ0) is 55.1. The van der Waals surface area contributed by atoms with Crippen molar-refractivity contribution in [3.8, 4) is 0 Å². The van der Waals surface area contributed by atoms with Crippen LogP contribution in [0.25, 0.3) is 11.1 Å². The van der Waals surface area contributed by atoms with Gasteiger partial charge in [0.1, 0.15) is 0 Å². The van der Waals surface area contributed by atoms with E-state index in [1.165, 1.54) is 77.3 Å². The molecule has 10 rings (SSSR count). The number of benzene rings is 4. The normalized spacial score (nSPS) is 23.1. The van der Waals surface area contributed by atoms with Crippen molar-refractivity contribution in [1.29, 1.82) is 0 Å². The first kappa shape index (κ1) is 77.8. The minimum absolute atomic E-state index is 0. The SMILES string of the molecule is C.C.CC1CC2C(c3ccc(C(C)(C)C)cc3)=CC=CC2C1[Si](C)(C)C1C(C)CC2C(c3ccc(C(C)(C)C)cc3)=CC=CC21.[CH-]1CCCO1.[CH-]1CCCO1.[CH3-].[CH3-].[Cl][Zr+2][Cl].[Cl][Zr+2][Cl].c1ccc(PCCCPc2ccccc2)cc1. The largest absolute Gasteiger partial charge is 0.0904 e. The Labute approximate surface area is 534 Å². The second kappa shape index (κ2) is 40.3. The van der Waals surface area contributed by atoms with E-state index in [-0.39, 0.29) is 40.5 Å². The molecule has 440 valence electrons. The zero-order valence-corrected chi connectivity index (χ0v) is 60.2. The summed E-state index contributed by atoms with van der Waals surface area (Å²) in [5.74, 6) is 4.22. The topological polar surface area (TPSA) is 18.5 Å².